The van der Waals surface area contributed by atoms with E-state index in [0.717, 1.165) is 64.1 Å². The first-order valence-corrected chi connectivity index (χ1v) is 13.7. The number of carbonyl (C=O) groups excluding carboxylic acids is 1. The van der Waals surface area contributed by atoms with E-state index in [2.05, 4.69) is 30.0 Å². The third-order valence-electron chi connectivity index (χ3n) is 6.98. The first kappa shape index (κ1) is 25.2. The molecule has 2 aromatic heterocycles. The Bertz CT molecular complexity index is 1350. The van der Waals surface area contributed by atoms with Crippen LogP contribution in [0.3, 0.4) is 0 Å². The zero-order valence-corrected chi connectivity index (χ0v) is 22.2. The van der Waals surface area contributed by atoms with Gasteiger partial charge in [0, 0.05) is 37.1 Å². The molecule has 1 atom stereocenters. The summed E-state index contributed by atoms with van der Waals surface area (Å²) in [5.41, 5.74) is 5.15. The Balaban J connectivity index is 1.52. The number of aryl methyl sites for hydroxylation is 1. The summed E-state index contributed by atoms with van der Waals surface area (Å²) in [6.07, 6.45) is 1.71. The lowest BCUT2D eigenvalue weighted by Crippen LogP contribution is -2.40. The minimum atomic E-state index is -0.369. The average Bonchev–Trinajstić information content (AvgIpc) is 3.41. The number of ether oxygens (including phenoxy) is 1. The Morgan fingerprint density at radius 2 is 2.00 bits per heavy atom. The number of para-hydroxylation sites is 1. The van der Waals surface area contributed by atoms with Crippen molar-refractivity contribution >= 4 is 34.0 Å². The fourth-order valence-corrected chi connectivity index (χ4v) is 5.66. The molecule has 1 fully saturated rings. The zero-order chi connectivity index (χ0) is 25.8. The van der Waals surface area contributed by atoms with Gasteiger partial charge in [0.15, 0.2) is 0 Å². The van der Waals surface area contributed by atoms with Crippen LogP contribution < -0.4 is 9.64 Å². The molecular formula is C30H33N3O3S. The van der Waals surface area contributed by atoms with Gasteiger partial charge in [-0.3, -0.25) is 4.79 Å². The quantitative estimate of drug-likeness (QED) is 0.343. The van der Waals surface area contributed by atoms with E-state index in [-0.39, 0.29) is 12.0 Å². The molecule has 4 aromatic rings. The number of methoxy groups -OCH3 is 1. The molecule has 1 aliphatic rings. The number of piperidine rings is 1. The molecular weight excluding hydrogens is 482 g/mol. The fraction of sp³-hybridized carbons (Fsp3) is 0.333. The predicted molar refractivity (Wildman–Crippen MR) is 149 cm³/mol. The Hall–Kier alpha value is -3.42. The number of hydrogen-bond acceptors (Lipinski definition) is 6. The van der Waals surface area contributed by atoms with Crippen LogP contribution in [0.15, 0.2) is 65.4 Å². The van der Waals surface area contributed by atoms with E-state index in [0.29, 0.717) is 26.1 Å². The van der Waals surface area contributed by atoms with E-state index >= 15 is 0 Å². The van der Waals surface area contributed by atoms with Gasteiger partial charge in [-0.1, -0.05) is 30.3 Å². The van der Waals surface area contributed by atoms with Crippen LogP contribution in [0, 0.1) is 6.92 Å². The second-order valence-electron chi connectivity index (χ2n) is 9.77. The highest BCUT2D eigenvalue weighted by Crippen LogP contribution is 2.29. The average molecular weight is 516 g/mol. The monoisotopic (exact) mass is 515 g/mol. The molecule has 5 rings (SSSR count). The van der Waals surface area contributed by atoms with E-state index < -0.39 is 0 Å². The van der Waals surface area contributed by atoms with Crippen LogP contribution in [0.2, 0.25) is 0 Å². The number of hydrogen-bond donors (Lipinski definition) is 1. The van der Waals surface area contributed by atoms with E-state index in [9.17, 15) is 9.90 Å². The number of β-amino-alcohol motifs (C(OH)–C–C–N with tert-alkyl or cyclic N) is 1. The number of thiophene rings is 1. The minimum Gasteiger partial charge on any atom is -0.497 e. The van der Waals surface area contributed by atoms with E-state index in [1.54, 1.807) is 18.4 Å². The number of amides is 1. The number of carbonyl (C=O) groups is 1. The van der Waals surface area contributed by atoms with Crippen molar-refractivity contribution < 1.29 is 14.6 Å². The molecule has 1 saturated heterocycles. The van der Waals surface area contributed by atoms with Crippen LogP contribution >= 0.6 is 11.3 Å². The number of aliphatic hydroxyl groups excluding tert-OH is 1. The molecule has 0 bridgehead atoms. The van der Waals surface area contributed by atoms with Crippen LogP contribution in [-0.2, 0) is 24.3 Å². The van der Waals surface area contributed by atoms with Crippen LogP contribution in [0.25, 0.3) is 10.9 Å². The topological polar surface area (TPSA) is 65.9 Å². The van der Waals surface area contributed by atoms with Gasteiger partial charge in [0.2, 0.25) is 5.91 Å². The Kier molecular flexibility index (Phi) is 7.72. The van der Waals surface area contributed by atoms with E-state index in [4.69, 9.17) is 9.72 Å². The second kappa shape index (κ2) is 11.3. The molecule has 0 saturated carbocycles. The number of anilines is 1. The highest BCUT2D eigenvalue weighted by atomic mass is 32.1. The smallest absolute Gasteiger partial charge is 0.227 e. The lowest BCUT2D eigenvalue weighted by atomic mass is 10.0. The molecule has 192 valence electrons. The summed E-state index contributed by atoms with van der Waals surface area (Å²) >= 11 is 1.60. The number of nitrogens with zero attached hydrogens (tertiary/aromatic N) is 3. The third kappa shape index (κ3) is 5.95. The molecule has 0 aliphatic carbocycles. The lowest BCUT2D eigenvalue weighted by molar-refractivity contribution is -0.131. The van der Waals surface area contributed by atoms with Crippen molar-refractivity contribution in [3.05, 3.63) is 87.6 Å². The number of aliphatic hydroxyl groups is 1. The molecule has 6 nitrogen and oxygen atoms in total. The van der Waals surface area contributed by atoms with E-state index in [1.165, 1.54) is 0 Å². The van der Waals surface area contributed by atoms with Crippen molar-refractivity contribution in [3.8, 4) is 5.75 Å². The van der Waals surface area contributed by atoms with Crippen LogP contribution in [0.1, 0.15) is 35.1 Å². The predicted octanol–water partition coefficient (Wildman–Crippen LogP) is 5.35. The molecule has 2 aromatic carbocycles. The van der Waals surface area contributed by atoms with Crippen LogP contribution in [0.4, 0.5) is 5.82 Å². The highest BCUT2D eigenvalue weighted by molar-refractivity contribution is 7.08. The highest BCUT2D eigenvalue weighted by Gasteiger charge is 2.24. The normalized spacial score (nSPS) is 15.6. The number of fused-ring (bicyclic) bond motifs is 1. The van der Waals surface area contributed by atoms with Gasteiger partial charge < -0.3 is 19.6 Å². The van der Waals surface area contributed by atoms with Crippen molar-refractivity contribution in [2.45, 2.75) is 45.4 Å². The van der Waals surface area contributed by atoms with Crippen LogP contribution in [-0.4, -0.2) is 47.2 Å². The molecule has 1 aliphatic heterocycles. The molecule has 1 amide bonds. The summed E-state index contributed by atoms with van der Waals surface area (Å²) in [5, 5.41) is 15.5. The van der Waals surface area contributed by atoms with Gasteiger partial charge in [-0.25, -0.2) is 4.98 Å². The number of aromatic nitrogens is 1. The second-order valence-corrected chi connectivity index (χ2v) is 10.5. The maximum absolute atomic E-state index is 13.6. The van der Waals surface area contributed by atoms with Crippen LogP contribution in [0.5, 0.6) is 5.75 Å². The molecule has 37 heavy (non-hydrogen) atoms. The molecule has 7 heteroatoms. The number of benzene rings is 2. The Labute approximate surface area is 222 Å². The summed E-state index contributed by atoms with van der Waals surface area (Å²) in [5.74, 6) is 1.73. The van der Waals surface area contributed by atoms with Gasteiger partial charge >= 0.3 is 0 Å². The molecule has 0 unspecified atom stereocenters. The summed E-state index contributed by atoms with van der Waals surface area (Å²) in [6, 6.07) is 18.2. The standard InChI is InChI=1S/C30H33N3O3S/c1-21-5-3-6-24-16-25(30(31-29(21)24)32-13-4-7-26(34)19-32)18-33(28(35)15-23-12-14-37-20-23)17-22-8-10-27(36-2)11-9-22/h3,5-6,8-12,14,16,20,26,34H,4,7,13,15,17-19H2,1-2H3/t26-/m1/s1. The summed E-state index contributed by atoms with van der Waals surface area (Å²) in [7, 11) is 1.65. The first-order chi connectivity index (χ1) is 18.0. The molecule has 3 heterocycles. The maximum atomic E-state index is 13.6. The SMILES string of the molecule is COc1ccc(CN(Cc2cc3cccc(C)c3nc2N2CCC[C@@H](O)C2)C(=O)Cc2ccsc2)cc1. The molecule has 1 N–H and O–H groups in total. The maximum Gasteiger partial charge on any atom is 0.227 e. The summed E-state index contributed by atoms with van der Waals surface area (Å²) in [6.45, 7) is 4.40. The van der Waals surface area contributed by atoms with Gasteiger partial charge in [-0.15, -0.1) is 0 Å². The van der Waals surface area contributed by atoms with Gasteiger partial charge in [0.05, 0.1) is 25.2 Å². The number of rotatable bonds is 8. The van der Waals surface area contributed by atoms with Crippen molar-refractivity contribution in [2.75, 3.05) is 25.1 Å². The van der Waals surface area contributed by atoms with Gasteiger partial charge in [0.1, 0.15) is 11.6 Å². The summed E-state index contributed by atoms with van der Waals surface area (Å²) in [4.78, 5) is 22.8. The number of pyridine rings is 1. The van der Waals surface area contributed by atoms with Crippen molar-refractivity contribution in [2.24, 2.45) is 0 Å². The van der Waals surface area contributed by atoms with Crippen molar-refractivity contribution in [3.63, 3.8) is 0 Å². The van der Waals surface area contributed by atoms with Crippen molar-refractivity contribution in [1.29, 1.82) is 0 Å². The van der Waals surface area contributed by atoms with E-state index in [1.807, 2.05) is 52.1 Å². The van der Waals surface area contributed by atoms with Gasteiger partial charge in [-0.2, -0.15) is 11.3 Å². The molecule has 0 spiro atoms. The van der Waals surface area contributed by atoms with Gasteiger partial charge in [0.25, 0.3) is 0 Å². The molecule has 0 radical (unpaired) electrons. The summed E-state index contributed by atoms with van der Waals surface area (Å²) < 4.78 is 5.32. The third-order valence-corrected chi connectivity index (χ3v) is 7.71. The fourth-order valence-electron chi connectivity index (χ4n) is 4.99. The van der Waals surface area contributed by atoms with Gasteiger partial charge in [-0.05, 0) is 71.5 Å². The largest absolute Gasteiger partial charge is 0.497 e. The first-order valence-electron chi connectivity index (χ1n) is 12.7. The minimum absolute atomic E-state index is 0.0724. The van der Waals surface area contributed by atoms with Crippen molar-refractivity contribution in [1.82, 2.24) is 9.88 Å². The Morgan fingerprint density at radius 3 is 2.73 bits per heavy atom. The lowest BCUT2D eigenvalue weighted by Gasteiger charge is -2.34. The zero-order valence-electron chi connectivity index (χ0n) is 21.4. The Morgan fingerprint density at radius 1 is 1.16 bits per heavy atom.